The van der Waals surface area contributed by atoms with Crippen molar-refractivity contribution in [3.05, 3.63) is 65.2 Å². The second-order valence-corrected chi connectivity index (χ2v) is 5.95. The van der Waals surface area contributed by atoms with Crippen molar-refractivity contribution >= 4 is 5.91 Å². The van der Waals surface area contributed by atoms with E-state index in [1.165, 1.54) is 0 Å². The molecule has 0 fully saturated rings. The van der Waals surface area contributed by atoms with Gasteiger partial charge in [-0.3, -0.25) is 4.79 Å². The summed E-state index contributed by atoms with van der Waals surface area (Å²) >= 11 is 0. The van der Waals surface area contributed by atoms with Crippen molar-refractivity contribution in [2.24, 2.45) is 0 Å². The Morgan fingerprint density at radius 2 is 1.87 bits per heavy atom. The Balaban J connectivity index is 2.17. The number of hydrogen-bond acceptors (Lipinski definition) is 2. The molecule has 0 bridgehead atoms. The van der Waals surface area contributed by atoms with Gasteiger partial charge in [-0.25, -0.2) is 8.78 Å². The summed E-state index contributed by atoms with van der Waals surface area (Å²) in [6.07, 6.45) is 0.486. The van der Waals surface area contributed by atoms with Crippen LogP contribution in [0.5, 0.6) is 5.75 Å². The van der Waals surface area contributed by atoms with E-state index in [2.05, 4.69) is 5.32 Å². The lowest BCUT2D eigenvalue weighted by molar-refractivity contribution is 0.0908. The van der Waals surface area contributed by atoms with Crippen LogP contribution in [-0.2, 0) is 6.42 Å². The van der Waals surface area contributed by atoms with Crippen molar-refractivity contribution in [1.29, 1.82) is 0 Å². The Morgan fingerprint density at radius 3 is 2.57 bits per heavy atom. The Labute approximate surface area is 134 Å². The molecule has 23 heavy (non-hydrogen) atoms. The number of carbonyl (C=O) groups excluding carboxylic acids is 1. The van der Waals surface area contributed by atoms with E-state index in [1.54, 1.807) is 7.11 Å². The molecule has 2 aromatic carbocycles. The molecule has 0 heterocycles. The van der Waals surface area contributed by atoms with Crippen LogP contribution in [0, 0.1) is 11.6 Å². The van der Waals surface area contributed by atoms with Gasteiger partial charge in [0.2, 0.25) is 0 Å². The van der Waals surface area contributed by atoms with Crippen molar-refractivity contribution in [3.63, 3.8) is 0 Å². The molecule has 0 aromatic heterocycles. The molecule has 2 rings (SSSR count). The minimum absolute atomic E-state index is 0.307. The van der Waals surface area contributed by atoms with Crippen LogP contribution in [0.25, 0.3) is 0 Å². The molecule has 0 saturated heterocycles. The summed E-state index contributed by atoms with van der Waals surface area (Å²) in [6.45, 7) is 3.63. The smallest absolute Gasteiger partial charge is 0.254 e. The molecule has 1 amide bonds. The second kappa shape index (κ2) is 6.77. The highest BCUT2D eigenvalue weighted by Crippen LogP contribution is 2.23. The van der Waals surface area contributed by atoms with Gasteiger partial charge in [-0.2, -0.15) is 0 Å². The highest BCUT2D eigenvalue weighted by Gasteiger charge is 2.24. The molecule has 122 valence electrons. The predicted octanol–water partition coefficient (Wildman–Crippen LogP) is 3.72. The number of hydrogen-bond donors (Lipinski definition) is 1. The highest BCUT2D eigenvalue weighted by atomic mass is 19.1. The molecule has 0 aliphatic carbocycles. The number of benzene rings is 2. The molecule has 0 radical (unpaired) electrons. The summed E-state index contributed by atoms with van der Waals surface area (Å²) in [5.41, 5.74) is -0.0529. The fraction of sp³-hybridized carbons (Fsp3) is 0.278. The van der Waals surface area contributed by atoms with Gasteiger partial charge in [0, 0.05) is 5.54 Å². The number of halogens is 2. The fourth-order valence-electron chi connectivity index (χ4n) is 2.42. The topological polar surface area (TPSA) is 38.3 Å². The molecular weight excluding hydrogens is 300 g/mol. The quantitative estimate of drug-likeness (QED) is 0.912. The number of carbonyl (C=O) groups is 1. The Hall–Kier alpha value is -2.43. The summed E-state index contributed by atoms with van der Waals surface area (Å²) in [5.74, 6) is -1.34. The first-order chi connectivity index (χ1) is 10.8. The first-order valence-electron chi connectivity index (χ1n) is 7.22. The molecule has 0 aliphatic rings. The van der Waals surface area contributed by atoms with E-state index in [-0.39, 0.29) is 5.56 Å². The third-order valence-corrected chi connectivity index (χ3v) is 3.45. The number of methoxy groups -OCH3 is 1. The summed E-state index contributed by atoms with van der Waals surface area (Å²) in [5, 5.41) is 2.74. The van der Waals surface area contributed by atoms with Crippen LogP contribution < -0.4 is 10.1 Å². The van der Waals surface area contributed by atoms with Crippen molar-refractivity contribution in [1.82, 2.24) is 5.32 Å². The van der Waals surface area contributed by atoms with E-state index < -0.39 is 23.1 Å². The van der Waals surface area contributed by atoms with Gasteiger partial charge < -0.3 is 10.1 Å². The van der Waals surface area contributed by atoms with Crippen LogP contribution in [-0.4, -0.2) is 18.6 Å². The number of nitrogens with one attached hydrogen (secondary N) is 1. The third-order valence-electron chi connectivity index (χ3n) is 3.45. The summed E-state index contributed by atoms with van der Waals surface area (Å²) < 4.78 is 32.2. The fourth-order valence-corrected chi connectivity index (χ4v) is 2.42. The standard InChI is InChI=1S/C18H19F2NO2/c1-18(2,11-12-6-4-5-7-16(12)23-3)21-17(22)14-10-13(19)8-9-15(14)20/h4-10H,11H2,1-3H3,(H,21,22). The average Bonchev–Trinajstić information content (AvgIpc) is 2.49. The minimum Gasteiger partial charge on any atom is -0.496 e. The van der Waals surface area contributed by atoms with Gasteiger partial charge in [0.05, 0.1) is 12.7 Å². The van der Waals surface area contributed by atoms with Crippen LogP contribution >= 0.6 is 0 Å². The largest absolute Gasteiger partial charge is 0.496 e. The summed E-state index contributed by atoms with van der Waals surface area (Å²) in [7, 11) is 1.58. The lowest BCUT2D eigenvalue weighted by Gasteiger charge is -2.27. The molecule has 0 saturated carbocycles. The first kappa shape index (κ1) is 16.9. The molecule has 5 heteroatoms. The van der Waals surface area contributed by atoms with Gasteiger partial charge >= 0.3 is 0 Å². The van der Waals surface area contributed by atoms with E-state index in [0.29, 0.717) is 12.2 Å². The zero-order chi connectivity index (χ0) is 17.0. The van der Waals surface area contributed by atoms with Gasteiger partial charge in [-0.05, 0) is 50.1 Å². The maximum atomic E-state index is 13.7. The second-order valence-electron chi connectivity index (χ2n) is 5.95. The molecule has 2 aromatic rings. The molecular formula is C18H19F2NO2. The number of rotatable bonds is 5. The van der Waals surface area contributed by atoms with Crippen LogP contribution in [0.2, 0.25) is 0 Å². The molecule has 0 atom stereocenters. The molecule has 0 spiro atoms. The van der Waals surface area contributed by atoms with Crippen molar-refractivity contribution in [2.45, 2.75) is 25.8 Å². The minimum atomic E-state index is -0.753. The first-order valence-corrected chi connectivity index (χ1v) is 7.22. The monoisotopic (exact) mass is 319 g/mol. The van der Waals surface area contributed by atoms with Gasteiger partial charge in [-0.1, -0.05) is 18.2 Å². The van der Waals surface area contributed by atoms with Crippen molar-refractivity contribution < 1.29 is 18.3 Å². The van der Waals surface area contributed by atoms with Crippen LogP contribution in [0.4, 0.5) is 8.78 Å². The SMILES string of the molecule is COc1ccccc1CC(C)(C)NC(=O)c1cc(F)ccc1F. The maximum absolute atomic E-state index is 13.7. The van der Waals surface area contributed by atoms with E-state index in [1.807, 2.05) is 38.1 Å². The van der Waals surface area contributed by atoms with E-state index in [9.17, 15) is 13.6 Å². The predicted molar refractivity (Wildman–Crippen MR) is 84.6 cm³/mol. The zero-order valence-corrected chi connectivity index (χ0v) is 13.3. The third kappa shape index (κ3) is 4.28. The Bertz CT molecular complexity index is 714. The lowest BCUT2D eigenvalue weighted by atomic mass is 9.93. The number of ether oxygens (including phenoxy) is 1. The van der Waals surface area contributed by atoms with E-state index >= 15 is 0 Å². The highest BCUT2D eigenvalue weighted by molar-refractivity contribution is 5.94. The van der Waals surface area contributed by atoms with Crippen LogP contribution in [0.15, 0.2) is 42.5 Å². The zero-order valence-electron chi connectivity index (χ0n) is 13.3. The molecule has 0 aliphatic heterocycles. The van der Waals surface area contributed by atoms with Crippen molar-refractivity contribution in [2.75, 3.05) is 7.11 Å². The van der Waals surface area contributed by atoms with Gasteiger partial charge in [0.25, 0.3) is 5.91 Å². The molecule has 3 nitrogen and oxygen atoms in total. The van der Waals surface area contributed by atoms with Gasteiger partial charge in [-0.15, -0.1) is 0 Å². The van der Waals surface area contributed by atoms with Crippen LogP contribution in [0.1, 0.15) is 29.8 Å². The van der Waals surface area contributed by atoms with E-state index in [0.717, 1.165) is 23.8 Å². The lowest BCUT2D eigenvalue weighted by Crippen LogP contribution is -2.45. The normalized spacial score (nSPS) is 11.2. The summed E-state index contributed by atoms with van der Waals surface area (Å²) in [4.78, 5) is 12.2. The number of para-hydroxylation sites is 1. The number of amides is 1. The van der Waals surface area contributed by atoms with Gasteiger partial charge in [0.1, 0.15) is 17.4 Å². The summed E-state index contributed by atoms with van der Waals surface area (Å²) in [6, 6.07) is 10.3. The van der Waals surface area contributed by atoms with Crippen molar-refractivity contribution in [3.8, 4) is 5.75 Å². The van der Waals surface area contributed by atoms with E-state index in [4.69, 9.17) is 4.74 Å². The van der Waals surface area contributed by atoms with Gasteiger partial charge in [0.15, 0.2) is 0 Å². The Morgan fingerprint density at radius 1 is 1.17 bits per heavy atom. The molecule has 0 unspecified atom stereocenters. The molecule has 1 N–H and O–H groups in total. The maximum Gasteiger partial charge on any atom is 0.254 e. The van der Waals surface area contributed by atoms with Crippen LogP contribution in [0.3, 0.4) is 0 Å². The average molecular weight is 319 g/mol. The Kier molecular flexibility index (Phi) is 4.98.